The smallest absolute Gasteiger partial charge is 0.176 e. The molecule has 1 heterocycles. The number of unbranched alkanes of at least 4 members (excludes halogenated alkanes) is 7. The van der Waals surface area contributed by atoms with Crippen molar-refractivity contribution in [2.45, 2.75) is 83.8 Å². The minimum absolute atomic E-state index is 0.0381. The van der Waals surface area contributed by atoms with Crippen LogP contribution in [-0.2, 0) is 15.9 Å². The van der Waals surface area contributed by atoms with Crippen LogP contribution in [0, 0.1) is 17.5 Å². The lowest BCUT2D eigenvalue weighted by molar-refractivity contribution is -0.159. The Labute approximate surface area is 237 Å². The maximum atomic E-state index is 15.1. The van der Waals surface area contributed by atoms with Gasteiger partial charge in [-0.3, -0.25) is 0 Å². The Morgan fingerprint density at radius 1 is 0.725 bits per heavy atom. The van der Waals surface area contributed by atoms with E-state index in [0.29, 0.717) is 41.9 Å². The predicted octanol–water partition coefficient (Wildman–Crippen LogP) is 10.2. The van der Waals surface area contributed by atoms with Gasteiger partial charge in [0.25, 0.3) is 0 Å². The fraction of sp³-hybridized carbons (Fsp3) is 0.429. The zero-order valence-corrected chi connectivity index (χ0v) is 23.7. The minimum atomic E-state index is -0.825. The molecule has 1 aliphatic rings. The SMILES string of the molecule is CC=CC1OCC(c2ccc(-c3ccc(-c4ccc(CCCCCCCCCC)c(F)c4F)cc3)c(F)c2)CO1. The Bertz CT molecular complexity index is 1240. The van der Waals surface area contributed by atoms with Crippen LogP contribution in [-0.4, -0.2) is 19.5 Å². The van der Waals surface area contributed by atoms with Gasteiger partial charge in [-0.2, -0.15) is 0 Å². The molecule has 0 amide bonds. The van der Waals surface area contributed by atoms with Crippen molar-refractivity contribution in [3.63, 3.8) is 0 Å². The van der Waals surface area contributed by atoms with Crippen molar-refractivity contribution in [1.82, 2.24) is 0 Å². The van der Waals surface area contributed by atoms with Crippen LogP contribution >= 0.6 is 0 Å². The van der Waals surface area contributed by atoms with Gasteiger partial charge in [0.05, 0.1) is 13.2 Å². The second-order valence-electron chi connectivity index (χ2n) is 10.7. The van der Waals surface area contributed by atoms with Gasteiger partial charge in [0.1, 0.15) is 5.82 Å². The van der Waals surface area contributed by atoms with E-state index in [-0.39, 0.29) is 23.6 Å². The van der Waals surface area contributed by atoms with Gasteiger partial charge < -0.3 is 9.47 Å². The fourth-order valence-corrected chi connectivity index (χ4v) is 5.28. The van der Waals surface area contributed by atoms with E-state index in [1.165, 1.54) is 38.2 Å². The maximum Gasteiger partial charge on any atom is 0.176 e. The average molecular weight is 551 g/mol. The van der Waals surface area contributed by atoms with Gasteiger partial charge in [0, 0.05) is 17.0 Å². The summed E-state index contributed by atoms with van der Waals surface area (Å²) in [7, 11) is 0. The summed E-state index contributed by atoms with van der Waals surface area (Å²) in [5.41, 5.74) is 3.14. The van der Waals surface area contributed by atoms with Crippen LogP contribution in [0.1, 0.15) is 82.3 Å². The number of hydrogen-bond acceptors (Lipinski definition) is 2. The molecule has 0 saturated carbocycles. The number of ether oxygens (including phenoxy) is 2. The van der Waals surface area contributed by atoms with E-state index in [4.69, 9.17) is 9.47 Å². The van der Waals surface area contributed by atoms with Crippen LogP contribution in [0.5, 0.6) is 0 Å². The predicted molar refractivity (Wildman–Crippen MR) is 157 cm³/mol. The van der Waals surface area contributed by atoms with Crippen molar-refractivity contribution in [1.29, 1.82) is 0 Å². The number of rotatable bonds is 13. The molecule has 2 nitrogen and oxygen atoms in total. The molecule has 0 radical (unpaired) electrons. The first kappa shape index (κ1) is 30.1. The van der Waals surface area contributed by atoms with E-state index in [0.717, 1.165) is 24.8 Å². The Kier molecular flexibility index (Phi) is 11.4. The summed E-state index contributed by atoms with van der Waals surface area (Å²) in [6, 6.07) is 15.4. The third-order valence-electron chi connectivity index (χ3n) is 7.71. The van der Waals surface area contributed by atoms with E-state index in [1.54, 1.807) is 42.5 Å². The highest BCUT2D eigenvalue weighted by atomic mass is 19.2. The standard InChI is InChI=1S/C35H41F3O2/c1-3-5-6-7-8-9-10-11-13-27-18-21-31(35(38)34(27)37)26-16-14-25(15-17-26)30-20-19-28(22-32(30)36)29-23-39-33(12-4-2)40-24-29/h4,12,14-22,29,33H,3,5-11,13,23-24H2,1-2H3. The lowest BCUT2D eigenvalue weighted by Gasteiger charge is -2.28. The van der Waals surface area contributed by atoms with Crippen molar-refractivity contribution >= 4 is 0 Å². The molecule has 3 aromatic rings. The van der Waals surface area contributed by atoms with Crippen LogP contribution in [0.25, 0.3) is 22.3 Å². The van der Waals surface area contributed by atoms with Gasteiger partial charge >= 0.3 is 0 Å². The molecule has 1 aliphatic heterocycles. The zero-order valence-electron chi connectivity index (χ0n) is 23.7. The quantitative estimate of drug-likeness (QED) is 0.156. The van der Waals surface area contributed by atoms with Crippen LogP contribution in [0.15, 0.2) is 66.7 Å². The zero-order chi connectivity index (χ0) is 28.3. The average Bonchev–Trinajstić information content (AvgIpc) is 2.97. The van der Waals surface area contributed by atoms with Crippen molar-refractivity contribution in [2.75, 3.05) is 13.2 Å². The van der Waals surface area contributed by atoms with Gasteiger partial charge in [-0.1, -0.05) is 106 Å². The molecule has 1 saturated heterocycles. The Morgan fingerprint density at radius 2 is 1.32 bits per heavy atom. The van der Waals surface area contributed by atoms with Gasteiger partial charge in [-0.15, -0.1) is 0 Å². The van der Waals surface area contributed by atoms with Gasteiger partial charge in [0.2, 0.25) is 0 Å². The van der Waals surface area contributed by atoms with E-state index in [9.17, 15) is 4.39 Å². The highest BCUT2D eigenvalue weighted by Crippen LogP contribution is 2.32. The molecule has 40 heavy (non-hydrogen) atoms. The summed E-state index contributed by atoms with van der Waals surface area (Å²) >= 11 is 0. The van der Waals surface area contributed by atoms with Gasteiger partial charge in [-0.05, 0) is 54.2 Å². The fourth-order valence-electron chi connectivity index (χ4n) is 5.28. The lowest BCUT2D eigenvalue weighted by Crippen LogP contribution is -2.29. The van der Waals surface area contributed by atoms with Crippen LogP contribution in [0.2, 0.25) is 0 Å². The van der Waals surface area contributed by atoms with Crippen molar-refractivity contribution in [3.8, 4) is 22.3 Å². The topological polar surface area (TPSA) is 18.5 Å². The molecule has 3 aromatic carbocycles. The molecule has 0 spiro atoms. The first-order valence-corrected chi connectivity index (χ1v) is 14.7. The monoisotopic (exact) mass is 550 g/mol. The van der Waals surface area contributed by atoms with Crippen molar-refractivity contribution < 1.29 is 22.6 Å². The first-order valence-electron chi connectivity index (χ1n) is 14.7. The molecule has 214 valence electrons. The second-order valence-corrected chi connectivity index (χ2v) is 10.7. The number of allylic oxidation sites excluding steroid dienone is 1. The first-order chi connectivity index (χ1) is 19.5. The highest BCUT2D eigenvalue weighted by Gasteiger charge is 2.23. The number of halogens is 3. The Morgan fingerprint density at radius 3 is 1.95 bits per heavy atom. The molecule has 0 bridgehead atoms. The van der Waals surface area contributed by atoms with E-state index in [2.05, 4.69) is 6.92 Å². The molecule has 0 aliphatic carbocycles. The largest absolute Gasteiger partial charge is 0.348 e. The summed E-state index contributed by atoms with van der Waals surface area (Å²) in [4.78, 5) is 0. The summed E-state index contributed by atoms with van der Waals surface area (Å²) in [5, 5.41) is 0. The van der Waals surface area contributed by atoms with Crippen LogP contribution in [0.4, 0.5) is 13.2 Å². The molecular formula is C35H41F3O2. The normalized spacial score (nSPS) is 17.5. The van der Waals surface area contributed by atoms with Crippen LogP contribution < -0.4 is 0 Å². The minimum Gasteiger partial charge on any atom is -0.348 e. The molecule has 4 rings (SSSR count). The summed E-state index contributed by atoms with van der Waals surface area (Å²) < 4.78 is 56.3. The summed E-state index contributed by atoms with van der Waals surface area (Å²) in [5.74, 6) is -1.97. The molecule has 0 atom stereocenters. The summed E-state index contributed by atoms with van der Waals surface area (Å²) in [6.07, 6.45) is 13.2. The van der Waals surface area contributed by atoms with Gasteiger partial charge in [0.15, 0.2) is 17.9 Å². The third kappa shape index (κ3) is 7.86. The second kappa shape index (κ2) is 15.2. The molecule has 0 N–H and O–H groups in total. The molecule has 1 fully saturated rings. The van der Waals surface area contributed by atoms with E-state index >= 15 is 8.78 Å². The Hall–Kier alpha value is -2.89. The molecule has 0 aromatic heterocycles. The lowest BCUT2D eigenvalue weighted by atomic mass is 9.94. The van der Waals surface area contributed by atoms with Gasteiger partial charge in [-0.25, -0.2) is 13.2 Å². The number of hydrogen-bond donors (Lipinski definition) is 0. The number of aryl methyl sites for hydroxylation is 1. The third-order valence-corrected chi connectivity index (χ3v) is 7.71. The van der Waals surface area contributed by atoms with E-state index in [1.807, 2.05) is 25.1 Å². The van der Waals surface area contributed by atoms with E-state index < -0.39 is 11.6 Å². The van der Waals surface area contributed by atoms with Crippen molar-refractivity contribution in [3.05, 3.63) is 95.3 Å². The molecule has 5 heteroatoms. The summed E-state index contributed by atoms with van der Waals surface area (Å²) in [6.45, 7) is 5.04. The van der Waals surface area contributed by atoms with Crippen molar-refractivity contribution in [2.24, 2.45) is 0 Å². The molecule has 0 unspecified atom stereocenters. The maximum absolute atomic E-state index is 15.1. The van der Waals surface area contributed by atoms with Crippen LogP contribution in [0.3, 0.4) is 0 Å². The molecular weight excluding hydrogens is 509 g/mol. The highest BCUT2D eigenvalue weighted by molar-refractivity contribution is 5.71. The number of benzene rings is 3. The Balaban J connectivity index is 1.36.